The minimum atomic E-state index is -3.62. The summed E-state index contributed by atoms with van der Waals surface area (Å²) < 4.78 is 31.7. The van der Waals surface area contributed by atoms with Gasteiger partial charge < -0.3 is 10.3 Å². The van der Waals surface area contributed by atoms with Gasteiger partial charge in [-0.3, -0.25) is 0 Å². The van der Waals surface area contributed by atoms with E-state index in [1.807, 2.05) is 13.8 Å². The third-order valence-corrected chi connectivity index (χ3v) is 4.34. The van der Waals surface area contributed by atoms with Crippen LogP contribution >= 0.6 is 0 Å². The van der Waals surface area contributed by atoms with E-state index in [2.05, 4.69) is 9.88 Å². The third-order valence-electron chi connectivity index (χ3n) is 2.60. The number of hydrogen-bond donors (Lipinski definition) is 2. The van der Waals surface area contributed by atoms with Gasteiger partial charge in [-0.1, -0.05) is 19.0 Å². The van der Waals surface area contributed by atoms with Crippen LogP contribution in [0, 0.1) is 19.8 Å². The fourth-order valence-corrected chi connectivity index (χ4v) is 3.30. The van der Waals surface area contributed by atoms with Gasteiger partial charge in [0.05, 0.1) is 0 Å². The summed E-state index contributed by atoms with van der Waals surface area (Å²) in [4.78, 5) is 0.108. The maximum Gasteiger partial charge on any atom is 0.246 e. The molecule has 1 heterocycles. The Bertz CT molecular complexity index is 459. The van der Waals surface area contributed by atoms with Gasteiger partial charge in [0.1, 0.15) is 10.6 Å². The summed E-state index contributed by atoms with van der Waals surface area (Å²) in [5, 5.41) is 3.63. The Labute approximate surface area is 102 Å². The molecule has 1 rings (SSSR count). The standard InChI is InChI=1S/C10H19N3O3S/c1-6(2)9(5-11)13-17(14,15)10-7(3)12-16-8(10)4/h6,9,13H,5,11H2,1-4H3. The van der Waals surface area contributed by atoms with Crippen molar-refractivity contribution in [2.24, 2.45) is 11.7 Å². The second kappa shape index (κ2) is 5.16. The monoisotopic (exact) mass is 261 g/mol. The average Bonchev–Trinajstić information content (AvgIpc) is 2.55. The van der Waals surface area contributed by atoms with Crippen LogP contribution in [0.25, 0.3) is 0 Å². The van der Waals surface area contributed by atoms with Crippen molar-refractivity contribution in [1.82, 2.24) is 9.88 Å². The van der Waals surface area contributed by atoms with E-state index in [1.54, 1.807) is 13.8 Å². The Hall–Kier alpha value is -0.920. The van der Waals surface area contributed by atoms with Gasteiger partial charge in [0.25, 0.3) is 0 Å². The Kier molecular flexibility index (Phi) is 4.29. The highest BCUT2D eigenvalue weighted by Gasteiger charge is 2.27. The largest absolute Gasteiger partial charge is 0.360 e. The minimum Gasteiger partial charge on any atom is -0.360 e. The van der Waals surface area contributed by atoms with E-state index in [0.29, 0.717) is 5.69 Å². The quantitative estimate of drug-likeness (QED) is 0.806. The number of hydrogen-bond acceptors (Lipinski definition) is 5. The van der Waals surface area contributed by atoms with Crippen molar-refractivity contribution in [2.75, 3.05) is 6.54 Å². The van der Waals surface area contributed by atoms with Gasteiger partial charge >= 0.3 is 0 Å². The van der Waals surface area contributed by atoms with E-state index in [1.165, 1.54) is 0 Å². The van der Waals surface area contributed by atoms with Gasteiger partial charge in [0, 0.05) is 12.6 Å². The molecule has 1 aromatic rings. The zero-order valence-electron chi connectivity index (χ0n) is 10.5. The highest BCUT2D eigenvalue weighted by Crippen LogP contribution is 2.19. The number of sulfonamides is 1. The first kappa shape index (κ1) is 14.1. The molecule has 0 saturated heterocycles. The fraction of sp³-hybridized carbons (Fsp3) is 0.700. The summed E-state index contributed by atoms with van der Waals surface area (Å²) in [5.74, 6) is 0.407. The van der Waals surface area contributed by atoms with Crippen LogP contribution in [0.2, 0.25) is 0 Å². The first-order valence-electron chi connectivity index (χ1n) is 5.45. The molecule has 0 aliphatic rings. The molecule has 0 amide bonds. The van der Waals surface area contributed by atoms with Crippen LogP contribution in [0.5, 0.6) is 0 Å². The second-order valence-corrected chi connectivity index (χ2v) is 6.01. The van der Waals surface area contributed by atoms with Gasteiger partial charge in [0.2, 0.25) is 10.0 Å². The lowest BCUT2D eigenvalue weighted by molar-refractivity contribution is 0.390. The maximum atomic E-state index is 12.1. The number of nitrogens with two attached hydrogens (primary N) is 1. The molecule has 0 aromatic carbocycles. The first-order chi connectivity index (χ1) is 7.79. The van der Waals surface area contributed by atoms with Crippen molar-refractivity contribution in [2.45, 2.75) is 38.6 Å². The molecule has 1 atom stereocenters. The van der Waals surface area contributed by atoms with Gasteiger partial charge in [-0.25, -0.2) is 13.1 Å². The van der Waals surface area contributed by atoms with E-state index < -0.39 is 10.0 Å². The summed E-state index contributed by atoms with van der Waals surface area (Å²) in [6.45, 7) is 7.24. The van der Waals surface area contributed by atoms with Crippen LogP contribution in [0.4, 0.5) is 0 Å². The predicted molar refractivity (Wildman–Crippen MR) is 64.0 cm³/mol. The van der Waals surface area contributed by atoms with Crippen molar-refractivity contribution >= 4 is 10.0 Å². The Morgan fingerprint density at radius 3 is 2.35 bits per heavy atom. The smallest absolute Gasteiger partial charge is 0.246 e. The van der Waals surface area contributed by atoms with E-state index in [0.717, 1.165) is 0 Å². The number of nitrogens with one attached hydrogen (secondary N) is 1. The lowest BCUT2D eigenvalue weighted by atomic mass is 10.1. The van der Waals surface area contributed by atoms with Gasteiger partial charge in [-0.2, -0.15) is 0 Å². The molecule has 1 unspecified atom stereocenters. The van der Waals surface area contributed by atoms with Gasteiger partial charge in [0.15, 0.2) is 5.76 Å². The zero-order chi connectivity index (χ0) is 13.2. The van der Waals surface area contributed by atoms with Crippen molar-refractivity contribution in [3.8, 4) is 0 Å². The molecule has 98 valence electrons. The zero-order valence-corrected chi connectivity index (χ0v) is 11.3. The topological polar surface area (TPSA) is 98.2 Å². The molecule has 17 heavy (non-hydrogen) atoms. The molecule has 7 heteroatoms. The van der Waals surface area contributed by atoms with Crippen LogP contribution in [0.15, 0.2) is 9.42 Å². The minimum absolute atomic E-state index is 0.108. The highest BCUT2D eigenvalue weighted by atomic mass is 32.2. The Morgan fingerprint density at radius 2 is 2.00 bits per heavy atom. The first-order valence-corrected chi connectivity index (χ1v) is 6.93. The summed E-state index contributed by atoms with van der Waals surface area (Å²) in [5.41, 5.74) is 5.90. The number of aromatic nitrogens is 1. The fourth-order valence-electron chi connectivity index (χ4n) is 1.57. The average molecular weight is 261 g/mol. The molecule has 1 aromatic heterocycles. The molecule has 0 saturated carbocycles. The third kappa shape index (κ3) is 3.05. The highest BCUT2D eigenvalue weighted by molar-refractivity contribution is 7.89. The molecule has 0 radical (unpaired) electrons. The molecular weight excluding hydrogens is 242 g/mol. The maximum absolute atomic E-state index is 12.1. The lowest BCUT2D eigenvalue weighted by Gasteiger charge is -2.20. The second-order valence-electron chi connectivity index (χ2n) is 4.36. The van der Waals surface area contributed by atoms with Crippen LogP contribution in [0.1, 0.15) is 25.3 Å². The van der Waals surface area contributed by atoms with Crippen molar-refractivity contribution in [3.63, 3.8) is 0 Å². The summed E-state index contributed by atoms with van der Waals surface area (Å²) in [6.07, 6.45) is 0. The molecular formula is C10H19N3O3S. The molecule has 6 nitrogen and oxygen atoms in total. The molecule has 0 bridgehead atoms. The normalized spacial score (nSPS) is 14.2. The molecule has 0 aliphatic carbocycles. The number of aryl methyl sites for hydroxylation is 2. The van der Waals surface area contributed by atoms with E-state index >= 15 is 0 Å². The van der Waals surface area contributed by atoms with Gasteiger partial charge in [-0.05, 0) is 19.8 Å². The van der Waals surface area contributed by atoms with E-state index in [9.17, 15) is 8.42 Å². The van der Waals surface area contributed by atoms with Crippen LogP contribution < -0.4 is 10.5 Å². The number of rotatable bonds is 5. The molecule has 0 fully saturated rings. The Balaban J connectivity index is 3.05. The Morgan fingerprint density at radius 1 is 1.41 bits per heavy atom. The van der Waals surface area contributed by atoms with E-state index in [4.69, 9.17) is 10.3 Å². The molecule has 0 spiro atoms. The van der Waals surface area contributed by atoms with Gasteiger partial charge in [-0.15, -0.1) is 0 Å². The van der Waals surface area contributed by atoms with Crippen molar-refractivity contribution in [3.05, 3.63) is 11.5 Å². The van der Waals surface area contributed by atoms with Crippen LogP contribution in [-0.4, -0.2) is 26.2 Å². The molecule has 3 N–H and O–H groups in total. The SMILES string of the molecule is Cc1noc(C)c1S(=O)(=O)NC(CN)C(C)C. The van der Waals surface area contributed by atoms with Crippen molar-refractivity contribution in [1.29, 1.82) is 0 Å². The molecule has 0 aliphatic heterocycles. The van der Waals surface area contributed by atoms with Crippen LogP contribution in [-0.2, 0) is 10.0 Å². The summed E-state index contributed by atoms with van der Waals surface area (Å²) in [6, 6.07) is -0.298. The lowest BCUT2D eigenvalue weighted by Crippen LogP contribution is -2.43. The van der Waals surface area contributed by atoms with E-state index in [-0.39, 0.29) is 29.2 Å². The van der Waals surface area contributed by atoms with Crippen molar-refractivity contribution < 1.29 is 12.9 Å². The number of nitrogens with zero attached hydrogens (tertiary/aromatic N) is 1. The summed E-state index contributed by atoms with van der Waals surface area (Å²) >= 11 is 0. The summed E-state index contributed by atoms with van der Waals surface area (Å²) in [7, 11) is -3.62. The van der Waals surface area contributed by atoms with Crippen LogP contribution in [0.3, 0.4) is 0 Å². The predicted octanol–water partition coefficient (Wildman–Crippen LogP) is 0.553.